The Kier molecular flexibility index (Phi) is 19.3. The highest BCUT2D eigenvalue weighted by Gasteiger charge is 1.91. The summed E-state index contributed by atoms with van der Waals surface area (Å²) < 4.78 is 0. The normalized spacial score (nSPS) is 9.35. The molecule has 0 saturated carbocycles. The lowest BCUT2D eigenvalue weighted by Crippen LogP contribution is -2.21. The maximum atomic E-state index is 9.92. The second-order valence-electron chi connectivity index (χ2n) is 4.14. The maximum Gasteiger partial charge on any atom is 0.404 e. The zero-order valence-electron chi connectivity index (χ0n) is 11.5. The molecule has 4 nitrogen and oxygen atoms in total. The van der Waals surface area contributed by atoms with Crippen LogP contribution in [-0.2, 0) is 0 Å². The van der Waals surface area contributed by atoms with Gasteiger partial charge in [0.2, 0.25) is 0 Å². The summed E-state index contributed by atoms with van der Waals surface area (Å²) in [5.74, 6) is 0. The van der Waals surface area contributed by atoms with Crippen molar-refractivity contribution in [1.82, 2.24) is 5.32 Å². The number of carbonyl (C=O) groups is 1. The van der Waals surface area contributed by atoms with Crippen LogP contribution in [-0.4, -0.2) is 24.3 Å². The van der Waals surface area contributed by atoms with Crippen LogP contribution < -0.4 is 11.1 Å². The minimum absolute atomic E-state index is 0.593. The Labute approximate surface area is 106 Å². The first-order valence-corrected chi connectivity index (χ1v) is 6.85. The van der Waals surface area contributed by atoms with Gasteiger partial charge in [0.25, 0.3) is 0 Å². The summed E-state index contributed by atoms with van der Waals surface area (Å²) in [5, 5.41) is 10.5. The first-order valence-electron chi connectivity index (χ1n) is 6.85. The van der Waals surface area contributed by atoms with Crippen LogP contribution in [0, 0.1) is 0 Å². The third kappa shape index (κ3) is 25.5. The molecule has 1 amide bonds. The highest BCUT2D eigenvalue weighted by molar-refractivity contribution is 5.64. The zero-order chi connectivity index (χ0) is 13.4. The monoisotopic (exact) mass is 246 g/mol. The molecule has 4 heteroatoms. The van der Waals surface area contributed by atoms with Gasteiger partial charge >= 0.3 is 6.09 Å². The molecule has 0 saturated heterocycles. The van der Waals surface area contributed by atoms with Crippen LogP contribution in [0.4, 0.5) is 4.79 Å². The van der Waals surface area contributed by atoms with Gasteiger partial charge in [0.15, 0.2) is 0 Å². The van der Waals surface area contributed by atoms with E-state index in [0.29, 0.717) is 6.54 Å². The lowest BCUT2D eigenvalue weighted by Gasteiger charge is -1.98. The summed E-state index contributed by atoms with van der Waals surface area (Å²) in [6.45, 7) is 5.79. The Morgan fingerprint density at radius 2 is 1.53 bits per heavy atom. The van der Waals surface area contributed by atoms with Crippen LogP contribution in [0.2, 0.25) is 0 Å². The van der Waals surface area contributed by atoms with E-state index in [1.165, 1.54) is 38.5 Å². The van der Waals surface area contributed by atoms with Gasteiger partial charge in [0, 0.05) is 6.54 Å². The van der Waals surface area contributed by atoms with Gasteiger partial charge in [-0.3, -0.25) is 0 Å². The molecule has 0 atom stereocenters. The van der Waals surface area contributed by atoms with Crippen LogP contribution in [0.5, 0.6) is 0 Å². The Bertz CT molecular complexity index is 148. The summed E-state index contributed by atoms with van der Waals surface area (Å²) in [6.07, 6.45) is 8.71. The fraction of sp³-hybridized carbons (Fsp3) is 0.923. The Hall–Kier alpha value is -0.770. The number of carboxylic acid groups (broad SMARTS) is 1. The summed E-state index contributed by atoms with van der Waals surface area (Å²) >= 11 is 0. The van der Waals surface area contributed by atoms with Gasteiger partial charge < -0.3 is 16.2 Å². The minimum atomic E-state index is -0.920. The van der Waals surface area contributed by atoms with Crippen molar-refractivity contribution in [1.29, 1.82) is 0 Å². The Balaban J connectivity index is 0. The van der Waals surface area contributed by atoms with Crippen molar-refractivity contribution < 1.29 is 9.90 Å². The summed E-state index contributed by atoms with van der Waals surface area (Å²) in [4.78, 5) is 9.92. The van der Waals surface area contributed by atoms with Crippen LogP contribution in [0.3, 0.4) is 0 Å². The molecule has 4 N–H and O–H groups in total. The van der Waals surface area contributed by atoms with Gasteiger partial charge in [-0.2, -0.15) is 0 Å². The average molecular weight is 246 g/mol. The lowest BCUT2D eigenvalue weighted by atomic mass is 10.2. The standard InChI is InChI=1S/C7H15NO2.C6H15N/c1-2-3-4-5-6-8-7(9)10;1-2-3-4-5-6-7/h8H,2-6H2,1H3,(H,9,10);2-7H2,1H3. The van der Waals surface area contributed by atoms with Gasteiger partial charge in [0.1, 0.15) is 0 Å². The molecule has 0 rings (SSSR count). The van der Waals surface area contributed by atoms with Crippen molar-refractivity contribution in [2.45, 2.75) is 65.2 Å². The number of amides is 1. The average Bonchev–Trinajstić information content (AvgIpc) is 2.30. The van der Waals surface area contributed by atoms with E-state index in [9.17, 15) is 4.79 Å². The van der Waals surface area contributed by atoms with Gasteiger partial charge in [-0.05, 0) is 19.4 Å². The van der Waals surface area contributed by atoms with E-state index in [-0.39, 0.29) is 0 Å². The molecule has 0 aliphatic rings. The van der Waals surface area contributed by atoms with Crippen molar-refractivity contribution in [3.05, 3.63) is 0 Å². The molecule has 0 aromatic carbocycles. The third-order valence-electron chi connectivity index (χ3n) is 2.36. The molecule has 0 aromatic rings. The van der Waals surface area contributed by atoms with E-state index >= 15 is 0 Å². The smallest absolute Gasteiger partial charge is 0.404 e. The van der Waals surface area contributed by atoms with Crippen molar-refractivity contribution in [3.8, 4) is 0 Å². The molecular formula is C13H30N2O2. The number of hydrogen-bond acceptors (Lipinski definition) is 2. The quantitative estimate of drug-likeness (QED) is 0.546. The molecule has 0 bridgehead atoms. The second kappa shape index (κ2) is 17.6. The maximum absolute atomic E-state index is 9.92. The first kappa shape index (κ1) is 18.6. The predicted molar refractivity (Wildman–Crippen MR) is 73.4 cm³/mol. The van der Waals surface area contributed by atoms with E-state index in [1.54, 1.807) is 0 Å². The summed E-state index contributed by atoms with van der Waals surface area (Å²) in [7, 11) is 0. The summed E-state index contributed by atoms with van der Waals surface area (Å²) in [6, 6.07) is 0. The Morgan fingerprint density at radius 3 is 1.94 bits per heavy atom. The molecule has 0 unspecified atom stereocenters. The van der Waals surface area contributed by atoms with E-state index in [0.717, 1.165) is 19.4 Å². The van der Waals surface area contributed by atoms with Crippen LogP contribution in [0.15, 0.2) is 0 Å². The van der Waals surface area contributed by atoms with Gasteiger partial charge in [-0.15, -0.1) is 0 Å². The highest BCUT2D eigenvalue weighted by atomic mass is 16.4. The van der Waals surface area contributed by atoms with Crippen LogP contribution in [0.1, 0.15) is 65.2 Å². The number of nitrogens with two attached hydrogens (primary N) is 1. The van der Waals surface area contributed by atoms with Crippen molar-refractivity contribution in [3.63, 3.8) is 0 Å². The van der Waals surface area contributed by atoms with Gasteiger partial charge in [0.05, 0.1) is 0 Å². The number of unbranched alkanes of at least 4 members (excludes halogenated alkanes) is 6. The SMILES string of the molecule is CCCCCCN.CCCCCCNC(=O)O. The first-order chi connectivity index (χ1) is 8.18. The molecular weight excluding hydrogens is 216 g/mol. The highest BCUT2D eigenvalue weighted by Crippen LogP contribution is 1.96. The number of hydrogen-bond donors (Lipinski definition) is 3. The zero-order valence-corrected chi connectivity index (χ0v) is 11.5. The fourth-order valence-electron chi connectivity index (χ4n) is 1.32. The molecule has 0 spiro atoms. The molecule has 0 fully saturated rings. The van der Waals surface area contributed by atoms with Crippen LogP contribution >= 0.6 is 0 Å². The van der Waals surface area contributed by atoms with Gasteiger partial charge in [-0.1, -0.05) is 52.4 Å². The van der Waals surface area contributed by atoms with Crippen molar-refractivity contribution in [2.24, 2.45) is 5.73 Å². The molecule has 0 heterocycles. The fourth-order valence-corrected chi connectivity index (χ4v) is 1.32. The van der Waals surface area contributed by atoms with E-state index in [4.69, 9.17) is 10.8 Å². The number of rotatable bonds is 9. The van der Waals surface area contributed by atoms with E-state index in [1.807, 2.05) is 0 Å². The van der Waals surface area contributed by atoms with E-state index < -0.39 is 6.09 Å². The van der Waals surface area contributed by atoms with Gasteiger partial charge in [-0.25, -0.2) is 4.79 Å². The van der Waals surface area contributed by atoms with Crippen LogP contribution in [0.25, 0.3) is 0 Å². The topological polar surface area (TPSA) is 75.3 Å². The largest absolute Gasteiger partial charge is 0.465 e. The molecule has 17 heavy (non-hydrogen) atoms. The van der Waals surface area contributed by atoms with Crippen molar-refractivity contribution >= 4 is 6.09 Å². The third-order valence-corrected chi connectivity index (χ3v) is 2.36. The lowest BCUT2D eigenvalue weighted by molar-refractivity contribution is 0.194. The molecule has 0 aliphatic carbocycles. The number of nitrogens with one attached hydrogen (secondary N) is 1. The van der Waals surface area contributed by atoms with E-state index in [2.05, 4.69) is 19.2 Å². The Morgan fingerprint density at radius 1 is 1.00 bits per heavy atom. The predicted octanol–water partition coefficient (Wildman–Crippen LogP) is 3.36. The second-order valence-corrected chi connectivity index (χ2v) is 4.14. The molecule has 104 valence electrons. The summed E-state index contributed by atoms with van der Waals surface area (Å²) in [5.41, 5.74) is 5.27. The molecule has 0 radical (unpaired) electrons. The minimum Gasteiger partial charge on any atom is -0.465 e. The van der Waals surface area contributed by atoms with Crippen molar-refractivity contribution in [2.75, 3.05) is 13.1 Å². The molecule has 0 aliphatic heterocycles. The molecule has 0 aromatic heterocycles.